The molecule has 10 nitrogen and oxygen atoms in total. The zero-order valence-electron chi connectivity index (χ0n) is 28.3. The summed E-state index contributed by atoms with van der Waals surface area (Å²) in [6, 6.07) is 0. The van der Waals surface area contributed by atoms with Gasteiger partial charge in [-0.25, -0.2) is 0 Å². The molecule has 1 heterocycles. The third-order valence-electron chi connectivity index (χ3n) is 7.77. The standard InChI is InChI=1S/C36H62O10/c1-3-5-7-9-11-13-14-15-16-17-19-21-23-25-32(39)45-29(27-43-31(38)24-22-20-18-12-10-8-6-4-2)28-44-36-35(42)34(41)33(40)30(26-37)46-36/h15-16,18-21,29-30,33-37,40-42H,3-14,17,22-28H2,1-2H3/b16-15+,20-18+,21-19+/t29?,30-,33+,34?,35?,36-/m1/s1. The van der Waals surface area contributed by atoms with Gasteiger partial charge >= 0.3 is 11.9 Å². The van der Waals surface area contributed by atoms with Gasteiger partial charge in [-0.1, -0.05) is 102 Å². The van der Waals surface area contributed by atoms with Crippen molar-refractivity contribution in [1.29, 1.82) is 0 Å². The second kappa shape index (κ2) is 28.0. The van der Waals surface area contributed by atoms with Crippen molar-refractivity contribution in [2.24, 2.45) is 0 Å². The zero-order chi connectivity index (χ0) is 33.8. The van der Waals surface area contributed by atoms with Crippen molar-refractivity contribution in [2.75, 3.05) is 19.8 Å². The lowest BCUT2D eigenvalue weighted by atomic mass is 9.99. The molecule has 1 aliphatic rings. The van der Waals surface area contributed by atoms with Crippen LogP contribution in [0.2, 0.25) is 0 Å². The van der Waals surface area contributed by atoms with Crippen LogP contribution in [-0.4, -0.2) is 89.0 Å². The van der Waals surface area contributed by atoms with Gasteiger partial charge in [0, 0.05) is 12.8 Å². The molecule has 3 unspecified atom stereocenters. The van der Waals surface area contributed by atoms with Gasteiger partial charge < -0.3 is 39.4 Å². The molecule has 266 valence electrons. The van der Waals surface area contributed by atoms with E-state index in [9.17, 15) is 30.0 Å². The van der Waals surface area contributed by atoms with E-state index in [2.05, 4.69) is 32.1 Å². The molecular formula is C36H62O10. The molecule has 1 aliphatic heterocycles. The number of hydrogen-bond donors (Lipinski definition) is 4. The Labute approximate surface area is 276 Å². The highest BCUT2D eigenvalue weighted by molar-refractivity contribution is 5.70. The molecular weight excluding hydrogens is 592 g/mol. The molecule has 0 bridgehead atoms. The molecule has 1 saturated heterocycles. The number of aliphatic hydroxyl groups excluding tert-OH is 4. The maximum absolute atomic E-state index is 12.6. The Morgan fingerprint density at radius 2 is 1.22 bits per heavy atom. The van der Waals surface area contributed by atoms with E-state index in [1.807, 2.05) is 18.2 Å². The third-order valence-corrected chi connectivity index (χ3v) is 7.77. The Kier molecular flexibility index (Phi) is 25.5. The van der Waals surface area contributed by atoms with Crippen LogP contribution in [0.25, 0.3) is 0 Å². The fraction of sp³-hybridized carbons (Fsp3) is 0.778. The van der Waals surface area contributed by atoms with Crippen molar-refractivity contribution in [3.8, 4) is 0 Å². The largest absolute Gasteiger partial charge is 0.462 e. The molecule has 0 aliphatic carbocycles. The number of allylic oxidation sites excluding steroid dienone is 6. The molecule has 46 heavy (non-hydrogen) atoms. The van der Waals surface area contributed by atoms with Crippen LogP contribution in [0, 0.1) is 0 Å². The van der Waals surface area contributed by atoms with Gasteiger partial charge in [-0.3, -0.25) is 9.59 Å². The predicted octanol–water partition coefficient (Wildman–Crippen LogP) is 5.60. The van der Waals surface area contributed by atoms with E-state index in [1.165, 1.54) is 57.8 Å². The topological polar surface area (TPSA) is 152 Å². The third kappa shape index (κ3) is 20.2. The van der Waals surface area contributed by atoms with Crippen molar-refractivity contribution < 1.29 is 49.0 Å². The highest BCUT2D eigenvalue weighted by Crippen LogP contribution is 2.22. The van der Waals surface area contributed by atoms with Crippen LogP contribution in [-0.2, 0) is 28.5 Å². The molecule has 0 amide bonds. The van der Waals surface area contributed by atoms with Crippen molar-refractivity contribution in [2.45, 2.75) is 160 Å². The van der Waals surface area contributed by atoms with E-state index in [1.54, 1.807) is 0 Å². The Hall–Kier alpha value is -2.08. The van der Waals surface area contributed by atoms with Crippen LogP contribution in [0.4, 0.5) is 0 Å². The van der Waals surface area contributed by atoms with Crippen LogP contribution in [0.5, 0.6) is 0 Å². The van der Waals surface area contributed by atoms with E-state index in [0.717, 1.165) is 25.7 Å². The molecule has 0 saturated carbocycles. The second-order valence-corrected chi connectivity index (χ2v) is 12.0. The van der Waals surface area contributed by atoms with E-state index >= 15 is 0 Å². The Balaban J connectivity index is 2.51. The maximum Gasteiger partial charge on any atom is 0.306 e. The average Bonchev–Trinajstić information content (AvgIpc) is 3.05. The molecule has 0 aromatic rings. The smallest absolute Gasteiger partial charge is 0.306 e. The van der Waals surface area contributed by atoms with E-state index in [4.69, 9.17) is 18.9 Å². The van der Waals surface area contributed by atoms with Crippen LogP contribution in [0.15, 0.2) is 36.5 Å². The van der Waals surface area contributed by atoms with Crippen molar-refractivity contribution in [1.82, 2.24) is 0 Å². The number of rotatable bonds is 27. The predicted molar refractivity (Wildman–Crippen MR) is 178 cm³/mol. The number of esters is 2. The van der Waals surface area contributed by atoms with E-state index in [0.29, 0.717) is 12.8 Å². The van der Waals surface area contributed by atoms with Gasteiger partial charge in [0.15, 0.2) is 12.4 Å². The highest BCUT2D eigenvalue weighted by atomic mass is 16.7. The molecule has 10 heteroatoms. The average molecular weight is 655 g/mol. The number of carbonyl (C=O) groups excluding carboxylic acids is 2. The molecule has 1 rings (SSSR count). The number of carbonyl (C=O) groups is 2. The summed E-state index contributed by atoms with van der Waals surface area (Å²) in [4.78, 5) is 24.9. The van der Waals surface area contributed by atoms with Gasteiger partial charge in [0.25, 0.3) is 0 Å². The zero-order valence-corrected chi connectivity index (χ0v) is 28.3. The van der Waals surface area contributed by atoms with Crippen molar-refractivity contribution in [3.63, 3.8) is 0 Å². The minimum Gasteiger partial charge on any atom is -0.462 e. The summed E-state index contributed by atoms with van der Waals surface area (Å²) in [5, 5.41) is 39.7. The quantitative estimate of drug-likeness (QED) is 0.0501. The monoisotopic (exact) mass is 654 g/mol. The minimum atomic E-state index is -1.60. The molecule has 4 N–H and O–H groups in total. The summed E-state index contributed by atoms with van der Waals surface area (Å²) in [5.74, 6) is -0.954. The van der Waals surface area contributed by atoms with Crippen LogP contribution in [0.3, 0.4) is 0 Å². The lowest BCUT2D eigenvalue weighted by molar-refractivity contribution is -0.305. The minimum absolute atomic E-state index is 0.117. The molecule has 1 fully saturated rings. The summed E-state index contributed by atoms with van der Waals surface area (Å²) in [5.41, 5.74) is 0. The number of unbranched alkanes of at least 4 members (excludes halogenated alkanes) is 10. The Bertz CT molecular complexity index is 856. The summed E-state index contributed by atoms with van der Waals surface area (Å²) >= 11 is 0. The normalized spacial score (nSPS) is 22.6. The Morgan fingerprint density at radius 1 is 0.674 bits per heavy atom. The number of hydrogen-bond acceptors (Lipinski definition) is 10. The highest BCUT2D eigenvalue weighted by Gasteiger charge is 2.44. The number of aliphatic hydroxyl groups is 4. The van der Waals surface area contributed by atoms with Gasteiger partial charge in [-0.15, -0.1) is 0 Å². The SMILES string of the molecule is CCCCCC/C=C/CCC(=O)OCC(CO[C@@H]1O[C@H](CO)[C@H](O)C(O)C1O)OC(=O)CC/C=C/C/C=C/CCCCCCCC. The lowest BCUT2D eigenvalue weighted by Gasteiger charge is -2.39. The van der Waals surface area contributed by atoms with Crippen LogP contribution >= 0.6 is 0 Å². The molecule has 0 radical (unpaired) electrons. The first kappa shape index (κ1) is 41.9. The van der Waals surface area contributed by atoms with Crippen molar-refractivity contribution in [3.05, 3.63) is 36.5 Å². The number of ether oxygens (including phenoxy) is 4. The first-order chi connectivity index (χ1) is 22.3. The molecule has 0 spiro atoms. The molecule has 6 atom stereocenters. The second-order valence-electron chi connectivity index (χ2n) is 12.0. The van der Waals surface area contributed by atoms with Crippen molar-refractivity contribution >= 4 is 11.9 Å². The summed E-state index contributed by atoms with van der Waals surface area (Å²) in [6.45, 7) is 3.22. The first-order valence-corrected chi connectivity index (χ1v) is 17.6. The van der Waals surface area contributed by atoms with Gasteiger partial charge in [0.2, 0.25) is 0 Å². The van der Waals surface area contributed by atoms with Gasteiger partial charge in [-0.05, 0) is 44.9 Å². The fourth-order valence-corrected chi connectivity index (χ4v) is 4.90. The molecule has 0 aromatic carbocycles. The van der Waals surface area contributed by atoms with Gasteiger partial charge in [-0.2, -0.15) is 0 Å². The molecule has 0 aromatic heterocycles. The summed E-state index contributed by atoms with van der Waals surface area (Å²) in [7, 11) is 0. The maximum atomic E-state index is 12.6. The van der Waals surface area contributed by atoms with E-state index in [-0.39, 0.29) is 26.1 Å². The summed E-state index contributed by atoms with van der Waals surface area (Å²) < 4.78 is 21.8. The van der Waals surface area contributed by atoms with Crippen LogP contribution < -0.4 is 0 Å². The first-order valence-electron chi connectivity index (χ1n) is 17.6. The lowest BCUT2D eigenvalue weighted by Crippen LogP contribution is -2.59. The van der Waals surface area contributed by atoms with Crippen LogP contribution in [0.1, 0.15) is 123 Å². The fourth-order valence-electron chi connectivity index (χ4n) is 4.90. The van der Waals surface area contributed by atoms with Gasteiger partial charge in [0.1, 0.15) is 31.0 Å². The van der Waals surface area contributed by atoms with Gasteiger partial charge in [0.05, 0.1) is 13.2 Å². The summed E-state index contributed by atoms with van der Waals surface area (Å²) in [6.07, 6.45) is 20.6. The van der Waals surface area contributed by atoms with E-state index < -0.39 is 55.4 Å². The Morgan fingerprint density at radius 3 is 1.87 bits per heavy atom.